The maximum Gasteiger partial charge on any atom is 0.183 e. The Morgan fingerprint density at radius 1 is 1.20 bits per heavy atom. The third-order valence-electron chi connectivity index (χ3n) is 2.27. The van der Waals surface area contributed by atoms with Gasteiger partial charge in [0.25, 0.3) is 0 Å². The molecule has 4 N–H and O–H groups in total. The van der Waals surface area contributed by atoms with Crippen molar-refractivity contribution in [1.82, 2.24) is 0 Å². The molecular weight excluding hydrogens is 220 g/mol. The second-order valence-corrected chi connectivity index (χ2v) is 5.64. The van der Waals surface area contributed by atoms with Crippen LogP contribution >= 0.6 is 11.8 Å². The molecule has 1 unspecified atom stereocenters. The highest BCUT2D eigenvalue weighted by Crippen LogP contribution is 2.31. The van der Waals surface area contributed by atoms with Gasteiger partial charge in [-0.15, -0.1) is 0 Å². The molecule has 1 saturated heterocycles. The lowest BCUT2D eigenvalue weighted by Crippen LogP contribution is -2.57. The number of ether oxygens (including phenoxy) is 1. The van der Waals surface area contributed by atoms with E-state index < -0.39 is 29.9 Å². The zero-order valence-electron chi connectivity index (χ0n) is 8.78. The Hall–Kier alpha value is 0.150. The standard InChI is InChI=1S/C9H18O5S/c1-4(2)15-8-5(3-10)14-9(13)7(12)6(8)11/h4-13H,3H2,1-2H3/t5-,6-,7-,8+,9?/m1/s1. The van der Waals surface area contributed by atoms with E-state index in [4.69, 9.17) is 9.84 Å². The molecule has 5 nitrogen and oxygen atoms in total. The largest absolute Gasteiger partial charge is 0.394 e. The lowest BCUT2D eigenvalue weighted by Gasteiger charge is -2.40. The van der Waals surface area contributed by atoms with Crippen molar-refractivity contribution in [3.05, 3.63) is 0 Å². The molecule has 5 atom stereocenters. The summed E-state index contributed by atoms with van der Waals surface area (Å²) in [5.41, 5.74) is 0. The smallest absolute Gasteiger partial charge is 0.183 e. The van der Waals surface area contributed by atoms with Crippen molar-refractivity contribution >= 4 is 11.8 Å². The third-order valence-corrected chi connectivity index (χ3v) is 3.71. The maximum absolute atomic E-state index is 9.74. The molecule has 0 aromatic heterocycles. The fourth-order valence-electron chi connectivity index (χ4n) is 1.55. The van der Waals surface area contributed by atoms with E-state index in [1.165, 1.54) is 11.8 Å². The van der Waals surface area contributed by atoms with Crippen LogP contribution in [0.1, 0.15) is 13.8 Å². The van der Waals surface area contributed by atoms with Crippen molar-refractivity contribution < 1.29 is 25.2 Å². The molecule has 15 heavy (non-hydrogen) atoms. The van der Waals surface area contributed by atoms with Crippen molar-refractivity contribution in [1.29, 1.82) is 0 Å². The number of aliphatic hydroxyl groups is 4. The number of aliphatic hydroxyl groups excluding tert-OH is 4. The SMILES string of the molecule is CC(C)S[C@@H]1[C@H](O)[C@@H](O)C(O)O[C@@H]1CO. The van der Waals surface area contributed by atoms with Gasteiger partial charge in [-0.25, -0.2) is 0 Å². The van der Waals surface area contributed by atoms with Gasteiger partial charge in [-0.1, -0.05) is 13.8 Å². The summed E-state index contributed by atoms with van der Waals surface area (Å²) >= 11 is 1.42. The van der Waals surface area contributed by atoms with Gasteiger partial charge >= 0.3 is 0 Å². The quantitative estimate of drug-likeness (QED) is 0.500. The van der Waals surface area contributed by atoms with Gasteiger partial charge in [-0.3, -0.25) is 0 Å². The molecule has 1 fully saturated rings. The zero-order chi connectivity index (χ0) is 11.6. The van der Waals surface area contributed by atoms with E-state index in [2.05, 4.69) is 0 Å². The summed E-state index contributed by atoms with van der Waals surface area (Å²) in [5.74, 6) is 0. The third kappa shape index (κ3) is 3.05. The van der Waals surface area contributed by atoms with Crippen molar-refractivity contribution in [3.8, 4) is 0 Å². The number of rotatable bonds is 3. The molecule has 0 spiro atoms. The van der Waals surface area contributed by atoms with Crippen LogP contribution in [-0.2, 0) is 4.74 Å². The van der Waals surface area contributed by atoms with Crippen LogP contribution in [0.5, 0.6) is 0 Å². The monoisotopic (exact) mass is 238 g/mol. The number of hydrogen-bond acceptors (Lipinski definition) is 6. The van der Waals surface area contributed by atoms with Gasteiger partial charge in [0.1, 0.15) is 6.10 Å². The Morgan fingerprint density at radius 3 is 2.27 bits per heavy atom. The molecule has 1 aliphatic heterocycles. The normalized spacial score (nSPS) is 42.2. The fourth-order valence-corrected chi connectivity index (χ4v) is 2.83. The van der Waals surface area contributed by atoms with E-state index in [-0.39, 0.29) is 11.9 Å². The summed E-state index contributed by atoms with van der Waals surface area (Å²) in [6, 6.07) is 0. The Balaban J connectivity index is 2.70. The minimum absolute atomic E-state index is 0.241. The van der Waals surface area contributed by atoms with Crippen molar-refractivity contribution in [2.24, 2.45) is 0 Å². The van der Waals surface area contributed by atoms with Crippen LogP contribution in [0.3, 0.4) is 0 Å². The molecule has 1 rings (SSSR count). The van der Waals surface area contributed by atoms with E-state index >= 15 is 0 Å². The van der Waals surface area contributed by atoms with Crippen LogP contribution in [0.15, 0.2) is 0 Å². The number of hydrogen-bond donors (Lipinski definition) is 4. The maximum atomic E-state index is 9.74. The molecule has 0 aromatic rings. The van der Waals surface area contributed by atoms with E-state index in [0.29, 0.717) is 0 Å². The zero-order valence-corrected chi connectivity index (χ0v) is 9.59. The first-order valence-corrected chi connectivity index (χ1v) is 5.87. The molecule has 0 aromatic carbocycles. The molecule has 0 aliphatic carbocycles. The first-order valence-electron chi connectivity index (χ1n) is 4.93. The fraction of sp³-hybridized carbons (Fsp3) is 1.00. The van der Waals surface area contributed by atoms with Gasteiger partial charge < -0.3 is 25.2 Å². The van der Waals surface area contributed by atoms with Gasteiger partial charge in [-0.05, 0) is 5.25 Å². The van der Waals surface area contributed by atoms with Crippen LogP contribution < -0.4 is 0 Å². The van der Waals surface area contributed by atoms with Crippen LogP contribution in [0.4, 0.5) is 0 Å². The van der Waals surface area contributed by atoms with E-state index in [1.54, 1.807) is 0 Å². The molecule has 0 radical (unpaired) electrons. The Morgan fingerprint density at radius 2 is 1.80 bits per heavy atom. The Bertz CT molecular complexity index is 199. The molecule has 0 bridgehead atoms. The second kappa shape index (κ2) is 5.47. The van der Waals surface area contributed by atoms with Gasteiger partial charge in [0.05, 0.1) is 24.1 Å². The van der Waals surface area contributed by atoms with Crippen LogP contribution in [-0.4, -0.2) is 62.1 Å². The van der Waals surface area contributed by atoms with Crippen molar-refractivity contribution in [2.45, 2.75) is 48.9 Å². The predicted molar refractivity (Wildman–Crippen MR) is 56.5 cm³/mol. The highest BCUT2D eigenvalue weighted by Gasteiger charge is 2.43. The molecule has 0 amide bonds. The average Bonchev–Trinajstić information content (AvgIpc) is 2.18. The highest BCUT2D eigenvalue weighted by molar-refractivity contribution is 8.00. The van der Waals surface area contributed by atoms with Gasteiger partial charge in [0.15, 0.2) is 6.29 Å². The molecular formula is C9H18O5S. The Kier molecular flexibility index (Phi) is 4.82. The summed E-state index contributed by atoms with van der Waals surface area (Å²) in [5, 5.41) is 37.3. The first-order chi connectivity index (χ1) is 6.97. The average molecular weight is 238 g/mol. The van der Waals surface area contributed by atoms with Crippen LogP contribution in [0.25, 0.3) is 0 Å². The molecule has 0 saturated carbocycles. The molecule has 1 heterocycles. The second-order valence-electron chi connectivity index (χ2n) is 3.88. The van der Waals surface area contributed by atoms with Crippen LogP contribution in [0, 0.1) is 0 Å². The topological polar surface area (TPSA) is 90.2 Å². The summed E-state index contributed by atoms with van der Waals surface area (Å²) in [4.78, 5) is 0. The minimum atomic E-state index is -1.43. The van der Waals surface area contributed by atoms with E-state index in [1.807, 2.05) is 13.8 Å². The minimum Gasteiger partial charge on any atom is -0.394 e. The van der Waals surface area contributed by atoms with Gasteiger partial charge in [0, 0.05) is 0 Å². The molecule has 90 valence electrons. The highest BCUT2D eigenvalue weighted by atomic mass is 32.2. The Labute approximate surface area is 93.1 Å². The van der Waals surface area contributed by atoms with Crippen molar-refractivity contribution in [3.63, 3.8) is 0 Å². The summed E-state index contributed by atoms with van der Waals surface area (Å²) in [6.07, 6.45) is -4.48. The van der Waals surface area contributed by atoms with Gasteiger partial charge in [0.2, 0.25) is 0 Å². The summed E-state index contributed by atoms with van der Waals surface area (Å²) in [6.45, 7) is 3.61. The molecule has 6 heteroatoms. The lowest BCUT2D eigenvalue weighted by molar-refractivity contribution is -0.248. The first kappa shape index (κ1) is 13.2. The van der Waals surface area contributed by atoms with Crippen molar-refractivity contribution in [2.75, 3.05) is 6.61 Å². The lowest BCUT2D eigenvalue weighted by atomic mass is 10.0. The van der Waals surface area contributed by atoms with E-state index in [0.717, 1.165) is 0 Å². The summed E-state index contributed by atoms with van der Waals surface area (Å²) < 4.78 is 5.01. The van der Waals surface area contributed by atoms with Crippen LogP contribution in [0.2, 0.25) is 0 Å². The summed E-state index contributed by atoms with van der Waals surface area (Å²) in [7, 11) is 0. The molecule has 1 aliphatic rings. The van der Waals surface area contributed by atoms with E-state index in [9.17, 15) is 15.3 Å². The van der Waals surface area contributed by atoms with Gasteiger partial charge in [-0.2, -0.15) is 11.8 Å². The predicted octanol–water partition coefficient (Wildman–Crippen LogP) is -1.07. The number of thioether (sulfide) groups is 1.